The smallest absolute Gasteiger partial charge is 0.260 e. The second-order valence-corrected chi connectivity index (χ2v) is 6.10. The van der Waals surface area contributed by atoms with Crippen molar-refractivity contribution in [2.75, 3.05) is 17.2 Å². The average molecular weight is 343 g/mol. The van der Waals surface area contributed by atoms with Gasteiger partial charge in [-0.15, -0.1) is 11.8 Å². The van der Waals surface area contributed by atoms with Crippen LogP contribution in [-0.4, -0.2) is 30.3 Å². The second kappa shape index (κ2) is 7.27. The zero-order chi connectivity index (χ0) is 16.9. The van der Waals surface area contributed by atoms with Gasteiger partial charge in [-0.05, 0) is 29.8 Å². The first kappa shape index (κ1) is 16.2. The third-order valence-corrected chi connectivity index (χ3v) is 4.43. The summed E-state index contributed by atoms with van der Waals surface area (Å²) in [7, 11) is 0. The number of rotatable bonds is 4. The van der Waals surface area contributed by atoms with Crippen LogP contribution in [0, 0.1) is 5.82 Å². The van der Waals surface area contributed by atoms with Crippen LogP contribution < -0.4 is 10.3 Å². The van der Waals surface area contributed by atoms with Crippen LogP contribution in [0.25, 0.3) is 0 Å². The first-order valence-electron chi connectivity index (χ1n) is 7.23. The van der Waals surface area contributed by atoms with Crippen LogP contribution >= 0.6 is 11.8 Å². The van der Waals surface area contributed by atoms with Gasteiger partial charge in [0.1, 0.15) is 12.4 Å². The molecule has 3 rings (SSSR count). The molecule has 2 aromatic carbocycles. The highest BCUT2D eigenvalue weighted by atomic mass is 32.2. The lowest BCUT2D eigenvalue weighted by molar-refractivity contribution is -0.122. The van der Waals surface area contributed by atoms with Gasteiger partial charge in [-0.2, -0.15) is 5.10 Å². The maximum atomic E-state index is 12.8. The van der Waals surface area contributed by atoms with E-state index >= 15 is 0 Å². The monoisotopic (exact) mass is 343 g/mol. The average Bonchev–Trinajstić information content (AvgIpc) is 2.59. The maximum absolute atomic E-state index is 12.8. The predicted octanol–water partition coefficient (Wildman–Crippen LogP) is 2.41. The fourth-order valence-corrected chi connectivity index (χ4v) is 3.17. The molecule has 1 heterocycles. The van der Waals surface area contributed by atoms with Gasteiger partial charge in [-0.3, -0.25) is 9.59 Å². The van der Waals surface area contributed by atoms with Crippen LogP contribution in [-0.2, 0) is 9.59 Å². The molecule has 0 saturated heterocycles. The van der Waals surface area contributed by atoms with Crippen molar-refractivity contribution in [3.63, 3.8) is 0 Å². The SMILES string of the molecule is O=C(CN1C(=O)CSc2ccccc21)N/N=C\c1ccc(F)cc1. The van der Waals surface area contributed by atoms with Crippen LogP contribution in [0.2, 0.25) is 0 Å². The molecule has 1 aliphatic rings. The number of thioether (sulfide) groups is 1. The number of hydrazone groups is 1. The van der Waals surface area contributed by atoms with E-state index in [0.717, 1.165) is 10.6 Å². The van der Waals surface area contributed by atoms with Crippen LogP contribution in [0.4, 0.5) is 10.1 Å². The Morgan fingerprint density at radius 3 is 2.79 bits per heavy atom. The van der Waals surface area contributed by atoms with Gasteiger partial charge in [0, 0.05) is 4.90 Å². The number of carbonyl (C=O) groups is 2. The van der Waals surface area contributed by atoms with E-state index in [0.29, 0.717) is 11.3 Å². The van der Waals surface area contributed by atoms with Crippen molar-refractivity contribution in [2.24, 2.45) is 5.10 Å². The number of hydrogen-bond acceptors (Lipinski definition) is 4. The normalized spacial score (nSPS) is 13.9. The number of nitrogens with one attached hydrogen (secondary N) is 1. The van der Waals surface area contributed by atoms with E-state index in [9.17, 15) is 14.0 Å². The molecule has 1 N–H and O–H groups in total. The molecule has 0 unspecified atom stereocenters. The van der Waals surface area contributed by atoms with Crippen molar-refractivity contribution < 1.29 is 14.0 Å². The number of nitrogens with zero attached hydrogens (tertiary/aromatic N) is 2. The van der Waals surface area contributed by atoms with E-state index in [4.69, 9.17) is 0 Å². The zero-order valence-electron chi connectivity index (χ0n) is 12.6. The van der Waals surface area contributed by atoms with Crippen molar-refractivity contribution in [1.82, 2.24) is 5.43 Å². The van der Waals surface area contributed by atoms with E-state index in [2.05, 4.69) is 10.5 Å². The summed E-state index contributed by atoms with van der Waals surface area (Å²) in [6, 6.07) is 13.2. The standard InChI is InChI=1S/C17H14FN3O2S/c18-13-7-5-12(6-8-13)9-19-20-16(22)10-21-14-3-1-2-4-15(14)24-11-17(21)23/h1-9H,10-11H2,(H,20,22)/b19-9-. The molecule has 24 heavy (non-hydrogen) atoms. The summed E-state index contributed by atoms with van der Waals surface area (Å²) in [5.74, 6) is -0.542. The van der Waals surface area contributed by atoms with E-state index in [1.165, 1.54) is 35.0 Å². The van der Waals surface area contributed by atoms with Gasteiger partial charge in [0.15, 0.2) is 0 Å². The van der Waals surface area contributed by atoms with Crippen LogP contribution in [0.5, 0.6) is 0 Å². The molecular weight excluding hydrogens is 329 g/mol. The molecule has 0 saturated carbocycles. The Kier molecular flexibility index (Phi) is 4.90. The molecule has 122 valence electrons. The Morgan fingerprint density at radius 2 is 2.00 bits per heavy atom. The molecule has 0 aromatic heterocycles. The Hall–Kier alpha value is -2.67. The van der Waals surface area contributed by atoms with Crippen molar-refractivity contribution in [2.45, 2.75) is 4.90 Å². The lowest BCUT2D eigenvalue weighted by Crippen LogP contribution is -2.42. The van der Waals surface area contributed by atoms with Gasteiger partial charge in [-0.1, -0.05) is 24.3 Å². The summed E-state index contributed by atoms with van der Waals surface area (Å²) < 4.78 is 12.8. The molecule has 0 aliphatic carbocycles. The van der Waals surface area contributed by atoms with Crippen molar-refractivity contribution >= 4 is 35.5 Å². The van der Waals surface area contributed by atoms with Crippen LogP contribution in [0.15, 0.2) is 58.5 Å². The van der Waals surface area contributed by atoms with Gasteiger partial charge in [0.2, 0.25) is 5.91 Å². The Balaban J connectivity index is 1.62. The van der Waals surface area contributed by atoms with Crippen molar-refractivity contribution in [1.29, 1.82) is 0 Å². The predicted molar refractivity (Wildman–Crippen MR) is 91.7 cm³/mol. The molecule has 0 fully saturated rings. The minimum absolute atomic E-state index is 0.100. The third-order valence-electron chi connectivity index (χ3n) is 3.38. The first-order valence-corrected chi connectivity index (χ1v) is 8.22. The van der Waals surface area contributed by atoms with Gasteiger partial charge < -0.3 is 4.90 Å². The Bertz CT molecular complexity index is 793. The molecule has 5 nitrogen and oxygen atoms in total. The van der Waals surface area contributed by atoms with Gasteiger partial charge >= 0.3 is 0 Å². The van der Waals surface area contributed by atoms with Crippen LogP contribution in [0.1, 0.15) is 5.56 Å². The quantitative estimate of drug-likeness (QED) is 0.685. The number of hydrogen-bond donors (Lipinski definition) is 1. The second-order valence-electron chi connectivity index (χ2n) is 5.08. The minimum Gasteiger partial charge on any atom is -0.301 e. The number of fused-ring (bicyclic) bond motifs is 1. The molecule has 2 aromatic rings. The molecule has 7 heteroatoms. The Labute approximate surface area is 142 Å². The van der Waals surface area contributed by atoms with Crippen LogP contribution in [0.3, 0.4) is 0 Å². The molecular formula is C17H14FN3O2S. The summed E-state index contributed by atoms with van der Waals surface area (Å²) in [4.78, 5) is 26.5. The molecule has 2 amide bonds. The summed E-state index contributed by atoms with van der Waals surface area (Å²) in [5, 5.41) is 3.83. The van der Waals surface area contributed by atoms with E-state index in [1.54, 1.807) is 12.1 Å². The van der Waals surface area contributed by atoms with E-state index < -0.39 is 5.91 Å². The molecule has 0 spiro atoms. The first-order chi connectivity index (χ1) is 11.6. The number of amides is 2. The molecule has 0 atom stereocenters. The number of para-hydroxylation sites is 1. The largest absolute Gasteiger partial charge is 0.301 e. The Morgan fingerprint density at radius 1 is 1.25 bits per heavy atom. The molecule has 0 radical (unpaired) electrons. The van der Waals surface area contributed by atoms with Gasteiger partial charge in [-0.25, -0.2) is 9.82 Å². The highest BCUT2D eigenvalue weighted by Gasteiger charge is 2.25. The lowest BCUT2D eigenvalue weighted by Gasteiger charge is -2.27. The fraction of sp³-hybridized carbons (Fsp3) is 0.118. The number of carbonyl (C=O) groups excluding carboxylic acids is 2. The summed E-state index contributed by atoms with van der Waals surface area (Å²) in [6.45, 7) is -0.100. The highest BCUT2D eigenvalue weighted by Crippen LogP contribution is 2.34. The van der Waals surface area contributed by atoms with Gasteiger partial charge in [0.05, 0.1) is 17.7 Å². The summed E-state index contributed by atoms with van der Waals surface area (Å²) in [6.07, 6.45) is 1.42. The molecule has 0 bridgehead atoms. The van der Waals surface area contributed by atoms with Gasteiger partial charge in [0.25, 0.3) is 5.91 Å². The highest BCUT2D eigenvalue weighted by molar-refractivity contribution is 8.00. The van der Waals surface area contributed by atoms with Crippen molar-refractivity contribution in [3.8, 4) is 0 Å². The minimum atomic E-state index is -0.400. The fourth-order valence-electron chi connectivity index (χ4n) is 2.23. The van der Waals surface area contributed by atoms with Crippen molar-refractivity contribution in [3.05, 3.63) is 59.9 Å². The summed E-state index contributed by atoms with van der Waals surface area (Å²) in [5.41, 5.74) is 3.77. The number of halogens is 1. The van der Waals surface area contributed by atoms with E-state index in [1.807, 2.05) is 24.3 Å². The third kappa shape index (κ3) is 3.80. The molecule has 1 aliphatic heterocycles. The van der Waals surface area contributed by atoms with E-state index in [-0.39, 0.29) is 18.3 Å². The number of anilines is 1. The maximum Gasteiger partial charge on any atom is 0.260 e. The lowest BCUT2D eigenvalue weighted by atomic mass is 10.2. The zero-order valence-corrected chi connectivity index (χ0v) is 13.4. The number of benzene rings is 2. The topological polar surface area (TPSA) is 61.8 Å². The summed E-state index contributed by atoms with van der Waals surface area (Å²) >= 11 is 1.46.